The Bertz CT molecular complexity index is 768. The van der Waals surface area contributed by atoms with E-state index in [0.29, 0.717) is 18.5 Å². The second kappa shape index (κ2) is 5.82. The van der Waals surface area contributed by atoms with Gasteiger partial charge in [0.05, 0.1) is 35.2 Å². The Morgan fingerprint density at radius 1 is 1.38 bits per heavy atom. The molecular formula is C17H22N4O2S. The average molecular weight is 346 g/mol. The fourth-order valence-corrected chi connectivity index (χ4v) is 4.56. The van der Waals surface area contributed by atoms with E-state index in [1.807, 2.05) is 27.7 Å². The highest BCUT2D eigenvalue weighted by atomic mass is 32.1. The van der Waals surface area contributed by atoms with Crippen LogP contribution >= 0.6 is 11.3 Å². The lowest BCUT2D eigenvalue weighted by Crippen LogP contribution is -2.42. The fourth-order valence-electron chi connectivity index (χ4n) is 3.30. The molecule has 0 bridgehead atoms. The zero-order valence-corrected chi connectivity index (χ0v) is 15.2. The number of hydrogen-bond acceptors (Lipinski definition) is 6. The highest BCUT2D eigenvalue weighted by molar-refractivity contribution is 7.16. The summed E-state index contributed by atoms with van der Waals surface area (Å²) in [6.45, 7) is 8.61. The molecule has 0 aromatic carbocycles. The molecule has 0 fully saturated rings. The van der Waals surface area contributed by atoms with Crippen molar-refractivity contribution in [2.24, 2.45) is 5.73 Å². The van der Waals surface area contributed by atoms with Crippen LogP contribution in [-0.4, -0.2) is 21.5 Å². The fraction of sp³-hybridized carbons (Fsp3) is 0.471. The lowest BCUT2D eigenvalue weighted by molar-refractivity contribution is -0.135. The number of nitrogens with one attached hydrogen (secondary N) is 1. The van der Waals surface area contributed by atoms with E-state index in [0.717, 1.165) is 21.1 Å². The third-order valence-electron chi connectivity index (χ3n) is 3.98. The molecule has 2 aromatic heterocycles. The van der Waals surface area contributed by atoms with Crippen LogP contribution in [0.3, 0.4) is 0 Å². The Kier molecular flexibility index (Phi) is 4.09. The summed E-state index contributed by atoms with van der Waals surface area (Å²) in [5.41, 5.74) is 7.25. The number of anilines is 1. The molecule has 3 heterocycles. The van der Waals surface area contributed by atoms with Crippen LogP contribution in [0.5, 0.6) is 0 Å². The third kappa shape index (κ3) is 3.14. The van der Waals surface area contributed by atoms with Crippen molar-refractivity contribution in [3.05, 3.63) is 40.3 Å². The van der Waals surface area contributed by atoms with Gasteiger partial charge >= 0.3 is 0 Å². The van der Waals surface area contributed by atoms with E-state index in [-0.39, 0.29) is 5.60 Å². The van der Waals surface area contributed by atoms with Gasteiger partial charge in [-0.2, -0.15) is 0 Å². The predicted octanol–water partition coefficient (Wildman–Crippen LogP) is 2.84. The number of carbonyl (C=O) groups is 1. The first-order valence-electron chi connectivity index (χ1n) is 7.84. The van der Waals surface area contributed by atoms with Crippen molar-refractivity contribution < 1.29 is 9.53 Å². The average Bonchev–Trinajstić information content (AvgIpc) is 2.83. The summed E-state index contributed by atoms with van der Waals surface area (Å²) in [4.78, 5) is 21.5. The Balaban J connectivity index is 1.99. The maximum Gasteiger partial charge on any atom is 0.251 e. The van der Waals surface area contributed by atoms with Gasteiger partial charge in [0.25, 0.3) is 5.91 Å². The molecule has 0 aliphatic carbocycles. The van der Waals surface area contributed by atoms with E-state index in [4.69, 9.17) is 10.5 Å². The van der Waals surface area contributed by atoms with Gasteiger partial charge < -0.3 is 15.8 Å². The lowest BCUT2D eigenvalue weighted by atomic mass is 9.86. The van der Waals surface area contributed by atoms with E-state index in [1.165, 1.54) is 11.3 Å². The van der Waals surface area contributed by atoms with Gasteiger partial charge in [-0.25, -0.2) is 0 Å². The molecule has 6 nitrogen and oxygen atoms in total. The standard InChI is InChI=1S/C17H22N4O2S/c1-16(2)7-11-12(14(18)22)15(24-13(11)17(3,4)23-16)21-9-10-8-19-5-6-20-10/h5-6,8,21H,7,9H2,1-4H3,(H2,18,22). The first-order chi connectivity index (χ1) is 11.2. The topological polar surface area (TPSA) is 90.1 Å². The molecule has 2 aromatic rings. The van der Waals surface area contributed by atoms with Gasteiger partial charge in [0.15, 0.2) is 0 Å². The van der Waals surface area contributed by atoms with Crippen molar-refractivity contribution in [1.82, 2.24) is 9.97 Å². The maximum absolute atomic E-state index is 12.1. The minimum absolute atomic E-state index is 0.343. The van der Waals surface area contributed by atoms with Crippen LogP contribution in [-0.2, 0) is 23.3 Å². The molecule has 7 heteroatoms. The van der Waals surface area contributed by atoms with Crippen LogP contribution in [0, 0.1) is 0 Å². The normalized spacial score (nSPS) is 18.0. The number of hydrogen-bond donors (Lipinski definition) is 2. The molecule has 1 aliphatic heterocycles. The molecule has 1 amide bonds. The van der Waals surface area contributed by atoms with E-state index in [9.17, 15) is 4.79 Å². The first-order valence-corrected chi connectivity index (χ1v) is 8.66. The summed E-state index contributed by atoms with van der Waals surface area (Å²) in [5, 5.41) is 4.06. The van der Waals surface area contributed by atoms with E-state index >= 15 is 0 Å². The zero-order chi connectivity index (χ0) is 17.5. The Hall–Kier alpha value is -1.99. The van der Waals surface area contributed by atoms with Gasteiger partial charge in [0.2, 0.25) is 0 Å². The van der Waals surface area contributed by atoms with Crippen molar-refractivity contribution in [2.45, 2.75) is 51.9 Å². The minimum Gasteiger partial charge on any atom is -0.371 e. The molecule has 128 valence electrons. The van der Waals surface area contributed by atoms with E-state index in [2.05, 4.69) is 15.3 Å². The SMILES string of the molecule is CC1(C)Cc2c(sc(NCc3cnccn3)c2C(N)=O)C(C)(C)O1. The predicted molar refractivity (Wildman–Crippen MR) is 94.1 cm³/mol. The monoisotopic (exact) mass is 346 g/mol. The summed E-state index contributed by atoms with van der Waals surface area (Å²) < 4.78 is 6.21. The summed E-state index contributed by atoms with van der Waals surface area (Å²) in [5.74, 6) is -0.414. The molecule has 0 atom stereocenters. The number of carbonyl (C=O) groups excluding carboxylic acids is 1. The number of rotatable bonds is 4. The molecule has 0 saturated carbocycles. The van der Waals surface area contributed by atoms with Crippen LogP contribution in [0.15, 0.2) is 18.6 Å². The molecule has 0 radical (unpaired) electrons. The first kappa shape index (κ1) is 16.9. The Morgan fingerprint density at radius 3 is 2.75 bits per heavy atom. The van der Waals surface area contributed by atoms with Crippen molar-refractivity contribution in [3.63, 3.8) is 0 Å². The minimum atomic E-state index is -0.460. The number of nitrogens with two attached hydrogens (primary N) is 1. The van der Waals surface area contributed by atoms with Crippen molar-refractivity contribution in [2.75, 3.05) is 5.32 Å². The Labute approximate surface area is 145 Å². The summed E-state index contributed by atoms with van der Waals surface area (Å²) in [6.07, 6.45) is 5.63. The molecular weight excluding hydrogens is 324 g/mol. The second-order valence-electron chi connectivity index (χ2n) is 7.08. The zero-order valence-electron chi connectivity index (χ0n) is 14.3. The maximum atomic E-state index is 12.1. The number of aromatic nitrogens is 2. The number of amides is 1. The summed E-state index contributed by atoms with van der Waals surface area (Å²) in [7, 11) is 0. The molecule has 0 spiro atoms. The third-order valence-corrected chi connectivity index (χ3v) is 5.48. The van der Waals surface area contributed by atoms with Gasteiger partial charge in [0.1, 0.15) is 5.00 Å². The van der Waals surface area contributed by atoms with Crippen molar-refractivity contribution in [1.29, 1.82) is 0 Å². The highest BCUT2D eigenvalue weighted by Crippen LogP contribution is 2.48. The van der Waals surface area contributed by atoms with Crippen LogP contribution < -0.4 is 11.1 Å². The van der Waals surface area contributed by atoms with Crippen LogP contribution in [0.4, 0.5) is 5.00 Å². The smallest absolute Gasteiger partial charge is 0.251 e. The van der Waals surface area contributed by atoms with E-state index in [1.54, 1.807) is 18.6 Å². The summed E-state index contributed by atoms with van der Waals surface area (Å²) in [6, 6.07) is 0. The highest BCUT2D eigenvalue weighted by Gasteiger charge is 2.42. The molecule has 24 heavy (non-hydrogen) atoms. The van der Waals surface area contributed by atoms with Crippen molar-refractivity contribution >= 4 is 22.2 Å². The van der Waals surface area contributed by atoms with Crippen molar-refractivity contribution in [3.8, 4) is 0 Å². The van der Waals surface area contributed by atoms with Gasteiger partial charge in [-0.3, -0.25) is 14.8 Å². The Morgan fingerprint density at radius 2 is 2.12 bits per heavy atom. The van der Waals surface area contributed by atoms with Gasteiger partial charge in [0, 0.05) is 23.7 Å². The number of primary amides is 1. The number of fused-ring (bicyclic) bond motifs is 1. The summed E-state index contributed by atoms with van der Waals surface area (Å²) >= 11 is 1.53. The molecule has 3 rings (SSSR count). The largest absolute Gasteiger partial charge is 0.371 e. The van der Waals surface area contributed by atoms with Crippen LogP contribution in [0.2, 0.25) is 0 Å². The van der Waals surface area contributed by atoms with Crippen LogP contribution in [0.25, 0.3) is 0 Å². The van der Waals surface area contributed by atoms with Gasteiger partial charge in [-0.1, -0.05) is 0 Å². The molecule has 1 aliphatic rings. The number of ether oxygens (including phenoxy) is 1. The number of thiophene rings is 1. The lowest BCUT2D eigenvalue weighted by Gasteiger charge is -2.41. The van der Waals surface area contributed by atoms with E-state index < -0.39 is 11.5 Å². The quantitative estimate of drug-likeness (QED) is 0.888. The molecule has 0 unspecified atom stereocenters. The molecule has 3 N–H and O–H groups in total. The molecule has 0 saturated heterocycles. The van der Waals surface area contributed by atoms with Crippen LogP contribution in [0.1, 0.15) is 54.2 Å². The van der Waals surface area contributed by atoms with Gasteiger partial charge in [-0.05, 0) is 33.3 Å². The number of nitrogens with zero attached hydrogens (tertiary/aromatic N) is 2. The van der Waals surface area contributed by atoms with Gasteiger partial charge in [-0.15, -0.1) is 11.3 Å². The second-order valence-corrected chi connectivity index (χ2v) is 8.10.